The Morgan fingerprint density at radius 1 is 1.03 bits per heavy atom. The van der Waals surface area contributed by atoms with E-state index in [9.17, 15) is 14.4 Å². The maximum Gasteiger partial charge on any atom is 0.255 e. The maximum absolute atomic E-state index is 13.1. The number of para-hydroxylation sites is 2. The van der Waals surface area contributed by atoms with E-state index in [-0.39, 0.29) is 28.0 Å². The van der Waals surface area contributed by atoms with E-state index in [4.69, 9.17) is 0 Å². The van der Waals surface area contributed by atoms with Gasteiger partial charge in [-0.3, -0.25) is 14.4 Å². The van der Waals surface area contributed by atoms with Crippen molar-refractivity contribution >= 4 is 40.9 Å². The molecule has 2 fully saturated rings. The first-order valence-corrected chi connectivity index (χ1v) is 11.8. The third kappa shape index (κ3) is 4.26. The Labute approximate surface area is 193 Å². The van der Waals surface area contributed by atoms with Crippen molar-refractivity contribution in [2.75, 3.05) is 16.4 Å². The lowest BCUT2D eigenvalue weighted by Crippen LogP contribution is -2.48. The van der Waals surface area contributed by atoms with E-state index < -0.39 is 6.04 Å². The van der Waals surface area contributed by atoms with Crippen LogP contribution in [0.25, 0.3) is 0 Å². The molecule has 0 aliphatic carbocycles. The third-order valence-corrected chi connectivity index (χ3v) is 7.70. The van der Waals surface area contributed by atoms with Gasteiger partial charge < -0.3 is 15.5 Å². The van der Waals surface area contributed by atoms with Crippen molar-refractivity contribution in [1.82, 2.24) is 4.90 Å². The van der Waals surface area contributed by atoms with Crippen LogP contribution in [0.4, 0.5) is 11.4 Å². The molecular weight excluding hydrogens is 422 g/mol. The minimum absolute atomic E-state index is 0.0111. The van der Waals surface area contributed by atoms with Gasteiger partial charge in [-0.1, -0.05) is 45.0 Å². The highest BCUT2D eigenvalue weighted by Crippen LogP contribution is 2.47. The van der Waals surface area contributed by atoms with Crippen LogP contribution in [0.5, 0.6) is 0 Å². The van der Waals surface area contributed by atoms with Gasteiger partial charge in [0.05, 0.1) is 16.2 Å². The van der Waals surface area contributed by atoms with Crippen molar-refractivity contribution in [3.8, 4) is 0 Å². The number of benzene rings is 2. The van der Waals surface area contributed by atoms with Crippen molar-refractivity contribution in [1.29, 1.82) is 0 Å². The van der Waals surface area contributed by atoms with E-state index in [2.05, 4.69) is 31.4 Å². The summed E-state index contributed by atoms with van der Waals surface area (Å²) in [5.41, 5.74) is 2.75. The van der Waals surface area contributed by atoms with E-state index in [1.54, 1.807) is 40.9 Å². The van der Waals surface area contributed by atoms with Crippen molar-refractivity contribution in [3.63, 3.8) is 0 Å². The van der Waals surface area contributed by atoms with E-state index in [1.165, 1.54) is 0 Å². The summed E-state index contributed by atoms with van der Waals surface area (Å²) in [4.78, 5) is 39.7. The van der Waals surface area contributed by atoms with E-state index >= 15 is 0 Å². The van der Waals surface area contributed by atoms with Gasteiger partial charge in [-0.15, -0.1) is 11.8 Å². The second kappa shape index (κ2) is 8.28. The monoisotopic (exact) mass is 451 g/mol. The molecule has 0 radical (unpaired) electrons. The van der Waals surface area contributed by atoms with Crippen molar-refractivity contribution in [3.05, 3.63) is 59.7 Å². The van der Waals surface area contributed by atoms with Crippen LogP contribution in [-0.2, 0) is 15.0 Å². The van der Waals surface area contributed by atoms with Crippen LogP contribution in [-0.4, -0.2) is 39.3 Å². The Kier molecular flexibility index (Phi) is 5.79. The second-order valence-corrected chi connectivity index (χ2v) is 11.1. The molecule has 168 valence electrons. The first-order chi connectivity index (χ1) is 15.1. The second-order valence-electron chi connectivity index (χ2n) is 9.58. The highest BCUT2D eigenvalue weighted by Gasteiger charge is 2.52. The predicted molar refractivity (Wildman–Crippen MR) is 129 cm³/mol. The largest absolute Gasteiger partial charge is 0.322 e. The highest BCUT2D eigenvalue weighted by atomic mass is 32.2. The van der Waals surface area contributed by atoms with Crippen LogP contribution in [0, 0.1) is 0 Å². The SMILES string of the molecule is CC(C)(C)c1ccc(C(=O)Nc2ccccc2NC(=O)C2CSC3(C)CCC(=O)N23)cc1. The van der Waals surface area contributed by atoms with Crippen LogP contribution in [0.1, 0.15) is 56.5 Å². The molecule has 6 nitrogen and oxygen atoms in total. The summed E-state index contributed by atoms with van der Waals surface area (Å²) in [5, 5.41) is 5.83. The zero-order valence-electron chi connectivity index (χ0n) is 18.9. The van der Waals surface area contributed by atoms with Gasteiger partial charge in [-0.2, -0.15) is 0 Å². The molecule has 4 rings (SSSR count). The molecule has 3 amide bonds. The zero-order valence-corrected chi connectivity index (χ0v) is 19.7. The Balaban J connectivity index is 1.48. The molecule has 7 heteroatoms. The third-order valence-electron chi connectivity index (χ3n) is 6.19. The van der Waals surface area contributed by atoms with Crippen molar-refractivity contribution < 1.29 is 14.4 Å². The first kappa shape index (κ1) is 22.4. The lowest BCUT2D eigenvalue weighted by Gasteiger charge is -2.30. The Bertz CT molecular complexity index is 1060. The molecule has 0 saturated carbocycles. The smallest absolute Gasteiger partial charge is 0.255 e. The zero-order chi connectivity index (χ0) is 23.1. The number of hydrogen-bond acceptors (Lipinski definition) is 4. The molecule has 2 heterocycles. The molecule has 2 aromatic carbocycles. The number of hydrogen-bond donors (Lipinski definition) is 2. The molecule has 2 N–H and O–H groups in total. The van der Waals surface area contributed by atoms with E-state index in [0.29, 0.717) is 29.1 Å². The van der Waals surface area contributed by atoms with Gasteiger partial charge in [0.1, 0.15) is 6.04 Å². The molecule has 2 aliphatic heterocycles. The lowest BCUT2D eigenvalue weighted by molar-refractivity contribution is -0.135. The number of carbonyl (C=O) groups is 3. The summed E-state index contributed by atoms with van der Waals surface area (Å²) in [6.07, 6.45) is 1.24. The summed E-state index contributed by atoms with van der Waals surface area (Å²) < 4.78 is 0. The van der Waals surface area contributed by atoms with Gasteiger partial charge in [0.25, 0.3) is 5.91 Å². The number of rotatable bonds is 4. The summed E-state index contributed by atoms with van der Waals surface area (Å²) in [6, 6.07) is 14.2. The molecule has 32 heavy (non-hydrogen) atoms. The molecule has 2 atom stereocenters. The first-order valence-electron chi connectivity index (χ1n) is 10.9. The molecule has 0 bridgehead atoms. The van der Waals surface area contributed by atoms with Gasteiger partial charge in [0, 0.05) is 17.7 Å². The maximum atomic E-state index is 13.1. The average Bonchev–Trinajstić information content (AvgIpc) is 3.24. The molecular formula is C25H29N3O3S. The quantitative estimate of drug-likeness (QED) is 0.711. The Hall–Kier alpha value is -2.80. The van der Waals surface area contributed by atoms with Gasteiger partial charge in [0.15, 0.2) is 0 Å². The molecule has 0 aromatic heterocycles. The fourth-order valence-electron chi connectivity index (χ4n) is 4.25. The van der Waals surface area contributed by atoms with Crippen LogP contribution >= 0.6 is 11.8 Å². The Morgan fingerprint density at radius 3 is 2.28 bits per heavy atom. The van der Waals surface area contributed by atoms with Gasteiger partial charge in [-0.25, -0.2) is 0 Å². The molecule has 2 saturated heterocycles. The lowest BCUT2D eigenvalue weighted by atomic mass is 9.87. The molecule has 2 aromatic rings. The van der Waals surface area contributed by atoms with Gasteiger partial charge >= 0.3 is 0 Å². The summed E-state index contributed by atoms with van der Waals surface area (Å²) >= 11 is 1.66. The standard InChI is InChI=1S/C25H29N3O3S/c1-24(2,3)17-11-9-16(10-12-17)22(30)26-18-7-5-6-8-19(18)27-23(31)20-15-32-25(4)14-13-21(29)28(20)25/h5-12,20H,13-15H2,1-4H3,(H,26,30)(H,27,31). The number of fused-ring (bicyclic) bond motifs is 1. The Morgan fingerprint density at radius 2 is 1.66 bits per heavy atom. The number of nitrogens with one attached hydrogen (secondary N) is 2. The number of thioether (sulfide) groups is 1. The van der Waals surface area contributed by atoms with Crippen molar-refractivity contribution in [2.45, 2.75) is 56.9 Å². The van der Waals surface area contributed by atoms with E-state index in [1.807, 2.05) is 31.2 Å². The molecule has 0 spiro atoms. The summed E-state index contributed by atoms with van der Waals surface area (Å²) in [5.74, 6) is 0.124. The van der Waals surface area contributed by atoms with Crippen LogP contribution < -0.4 is 10.6 Å². The highest BCUT2D eigenvalue weighted by molar-refractivity contribution is 8.01. The number of nitrogens with zero attached hydrogens (tertiary/aromatic N) is 1. The number of amides is 3. The average molecular weight is 452 g/mol. The normalized spacial score (nSPS) is 22.6. The molecule has 2 unspecified atom stereocenters. The topological polar surface area (TPSA) is 78.5 Å². The van der Waals surface area contributed by atoms with Crippen molar-refractivity contribution in [2.24, 2.45) is 0 Å². The fourth-order valence-corrected chi connectivity index (χ4v) is 5.68. The summed E-state index contributed by atoms with van der Waals surface area (Å²) in [7, 11) is 0. The van der Waals surface area contributed by atoms with Crippen LogP contribution in [0.2, 0.25) is 0 Å². The van der Waals surface area contributed by atoms with E-state index in [0.717, 1.165) is 12.0 Å². The summed E-state index contributed by atoms with van der Waals surface area (Å²) in [6.45, 7) is 8.40. The van der Waals surface area contributed by atoms with Gasteiger partial charge in [-0.05, 0) is 48.6 Å². The minimum Gasteiger partial charge on any atom is -0.322 e. The van der Waals surface area contributed by atoms with Crippen LogP contribution in [0.3, 0.4) is 0 Å². The number of carbonyl (C=O) groups excluding carboxylic acids is 3. The van der Waals surface area contributed by atoms with Crippen LogP contribution in [0.15, 0.2) is 48.5 Å². The van der Waals surface area contributed by atoms with Gasteiger partial charge in [0.2, 0.25) is 11.8 Å². The molecule has 2 aliphatic rings. The minimum atomic E-state index is -0.506. The fraction of sp³-hybridized carbons (Fsp3) is 0.400. The predicted octanol–water partition coefficient (Wildman–Crippen LogP) is 4.63. The number of anilines is 2.